The Bertz CT molecular complexity index is 476. The molecule has 1 aliphatic heterocycles. The van der Waals surface area contributed by atoms with Gasteiger partial charge in [-0.15, -0.1) is 11.3 Å². The topological polar surface area (TPSA) is 41.6 Å². The molecule has 6 heteroatoms. The minimum absolute atomic E-state index is 0.211. The van der Waals surface area contributed by atoms with Crippen molar-refractivity contribution in [3.05, 3.63) is 21.3 Å². The molecule has 1 saturated heterocycles. The van der Waals surface area contributed by atoms with Crippen LogP contribution >= 0.6 is 22.9 Å². The van der Waals surface area contributed by atoms with E-state index >= 15 is 0 Å². The van der Waals surface area contributed by atoms with Crippen molar-refractivity contribution in [2.45, 2.75) is 51.8 Å². The highest BCUT2D eigenvalue weighted by Gasteiger charge is 2.23. The molecule has 1 aliphatic rings. The Labute approximate surface area is 135 Å². The SMILES string of the molecule is CC(C)(C)OC(=O)NC1CCN(Cc2ccc(Cl)s2)CC1. The summed E-state index contributed by atoms with van der Waals surface area (Å²) >= 11 is 7.58. The van der Waals surface area contributed by atoms with Crippen molar-refractivity contribution < 1.29 is 9.53 Å². The van der Waals surface area contributed by atoms with Crippen molar-refractivity contribution >= 4 is 29.0 Å². The Morgan fingerprint density at radius 1 is 1.43 bits per heavy atom. The number of carbonyl (C=O) groups excluding carboxylic acids is 1. The third-order valence-corrected chi connectivity index (χ3v) is 4.53. The maximum Gasteiger partial charge on any atom is 0.407 e. The van der Waals surface area contributed by atoms with Gasteiger partial charge in [0.25, 0.3) is 0 Å². The van der Waals surface area contributed by atoms with Crippen LogP contribution < -0.4 is 5.32 Å². The van der Waals surface area contributed by atoms with Gasteiger partial charge in [-0.2, -0.15) is 0 Å². The lowest BCUT2D eigenvalue weighted by Crippen LogP contribution is -2.45. The Balaban J connectivity index is 1.72. The third-order valence-electron chi connectivity index (χ3n) is 3.32. The monoisotopic (exact) mass is 330 g/mol. The fourth-order valence-corrected chi connectivity index (χ4v) is 3.50. The summed E-state index contributed by atoms with van der Waals surface area (Å²) in [5.74, 6) is 0. The Morgan fingerprint density at radius 3 is 2.62 bits per heavy atom. The number of alkyl carbamates (subject to hydrolysis) is 1. The lowest BCUT2D eigenvalue weighted by Gasteiger charge is -2.32. The highest BCUT2D eigenvalue weighted by atomic mass is 35.5. The van der Waals surface area contributed by atoms with Crippen LogP contribution in [-0.2, 0) is 11.3 Å². The zero-order valence-electron chi connectivity index (χ0n) is 12.8. The molecule has 118 valence electrons. The van der Waals surface area contributed by atoms with Gasteiger partial charge in [-0.1, -0.05) is 11.6 Å². The van der Waals surface area contributed by atoms with E-state index in [1.165, 1.54) is 4.88 Å². The molecular weight excluding hydrogens is 308 g/mol. The van der Waals surface area contributed by atoms with E-state index in [-0.39, 0.29) is 12.1 Å². The summed E-state index contributed by atoms with van der Waals surface area (Å²) in [6.45, 7) is 8.53. The average molecular weight is 331 g/mol. The summed E-state index contributed by atoms with van der Waals surface area (Å²) < 4.78 is 6.13. The first-order chi connectivity index (χ1) is 9.82. The summed E-state index contributed by atoms with van der Waals surface area (Å²) in [6.07, 6.45) is 1.60. The van der Waals surface area contributed by atoms with E-state index in [1.807, 2.05) is 26.8 Å². The summed E-state index contributed by atoms with van der Waals surface area (Å²) in [4.78, 5) is 15.4. The Kier molecular flexibility index (Phi) is 5.52. The van der Waals surface area contributed by atoms with Gasteiger partial charge in [0, 0.05) is 30.6 Å². The molecule has 0 aliphatic carbocycles. The van der Waals surface area contributed by atoms with Crippen molar-refractivity contribution in [3.63, 3.8) is 0 Å². The smallest absolute Gasteiger partial charge is 0.407 e. The van der Waals surface area contributed by atoms with Gasteiger partial charge in [0.1, 0.15) is 5.60 Å². The van der Waals surface area contributed by atoms with Gasteiger partial charge >= 0.3 is 6.09 Å². The van der Waals surface area contributed by atoms with Gasteiger partial charge in [0.15, 0.2) is 0 Å². The number of piperidine rings is 1. The number of hydrogen-bond acceptors (Lipinski definition) is 4. The second-order valence-corrected chi connectivity index (χ2v) is 8.20. The van der Waals surface area contributed by atoms with Crippen molar-refractivity contribution in [3.8, 4) is 0 Å². The lowest BCUT2D eigenvalue weighted by molar-refractivity contribution is 0.0477. The van der Waals surface area contributed by atoms with Gasteiger partial charge in [0.05, 0.1) is 4.34 Å². The number of rotatable bonds is 3. The molecule has 0 bridgehead atoms. The zero-order chi connectivity index (χ0) is 15.5. The summed E-state index contributed by atoms with van der Waals surface area (Å²) in [7, 11) is 0. The molecule has 1 fully saturated rings. The molecule has 0 atom stereocenters. The van der Waals surface area contributed by atoms with E-state index in [4.69, 9.17) is 16.3 Å². The largest absolute Gasteiger partial charge is 0.444 e. The predicted molar refractivity (Wildman–Crippen MR) is 87.0 cm³/mol. The van der Waals surface area contributed by atoms with Crippen LogP contribution in [0.1, 0.15) is 38.5 Å². The molecule has 2 rings (SSSR count). The first-order valence-electron chi connectivity index (χ1n) is 7.28. The van der Waals surface area contributed by atoms with E-state index in [2.05, 4.69) is 16.3 Å². The maximum atomic E-state index is 11.7. The average Bonchev–Trinajstić information content (AvgIpc) is 2.75. The molecule has 0 spiro atoms. The van der Waals surface area contributed by atoms with Crippen molar-refractivity contribution in [2.24, 2.45) is 0 Å². The highest BCUT2D eigenvalue weighted by molar-refractivity contribution is 7.16. The molecule has 1 aromatic rings. The highest BCUT2D eigenvalue weighted by Crippen LogP contribution is 2.24. The van der Waals surface area contributed by atoms with E-state index in [9.17, 15) is 4.79 Å². The van der Waals surface area contributed by atoms with Crippen molar-refractivity contribution in [1.29, 1.82) is 0 Å². The van der Waals surface area contributed by atoms with E-state index in [0.29, 0.717) is 0 Å². The van der Waals surface area contributed by atoms with Crippen LogP contribution in [0.15, 0.2) is 12.1 Å². The molecule has 1 aromatic heterocycles. The van der Waals surface area contributed by atoms with Crippen LogP contribution in [0.2, 0.25) is 4.34 Å². The first kappa shape index (κ1) is 16.6. The minimum atomic E-state index is -0.441. The normalized spacial score (nSPS) is 17.7. The van der Waals surface area contributed by atoms with Crippen molar-refractivity contribution in [2.75, 3.05) is 13.1 Å². The first-order valence-corrected chi connectivity index (χ1v) is 8.47. The second kappa shape index (κ2) is 6.99. The van der Waals surface area contributed by atoms with Crippen LogP contribution in [0.3, 0.4) is 0 Å². The van der Waals surface area contributed by atoms with Crippen LogP contribution in [0.4, 0.5) is 4.79 Å². The standard InChI is InChI=1S/C15H23ClN2O2S/c1-15(2,3)20-14(19)17-11-6-8-18(9-7-11)10-12-4-5-13(16)21-12/h4-5,11H,6-10H2,1-3H3,(H,17,19). The summed E-state index contributed by atoms with van der Waals surface area (Å²) in [5.41, 5.74) is -0.441. The number of amides is 1. The van der Waals surface area contributed by atoms with E-state index in [1.54, 1.807) is 11.3 Å². The predicted octanol–water partition coefficient (Wildman–Crippen LogP) is 3.89. The van der Waals surface area contributed by atoms with Gasteiger partial charge in [-0.3, -0.25) is 4.90 Å². The van der Waals surface area contributed by atoms with Crippen LogP contribution in [0.5, 0.6) is 0 Å². The fraction of sp³-hybridized carbons (Fsp3) is 0.667. The van der Waals surface area contributed by atoms with Crippen LogP contribution in [0, 0.1) is 0 Å². The maximum absolute atomic E-state index is 11.7. The van der Waals surface area contributed by atoms with Crippen LogP contribution in [-0.4, -0.2) is 35.7 Å². The summed E-state index contributed by atoms with van der Waals surface area (Å²) in [5, 5.41) is 2.96. The number of likely N-dealkylation sites (tertiary alicyclic amines) is 1. The lowest BCUT2D eigenvalue weighted by atomic mass is 10.1. The number of hydrogen-bond donors (Lipinski definition) is 1. The molecule has 1 amide bonds. The van der Waals surface area contributed by atoms with Gasteiger partial charge in [0.2, 0.25) is 0 Å². The number of thiophene rings is 1. The quantitative estimate of drug-likeness (QED) is 0.914. The van der Waals surface area contributed by atoms with Crippen molar-refractivity contribution in [1.82, 2.24) is 10.2 Å². The molecule has 0 unspecified atom stereocenters. The molecule has 21 heavy (non-hydrogen) atoms. The Morgan fingerprint density at radius 2 is 2.10 bits per heavy atom. The fourth-order valence-electron chi connectivity index (χ4n) is 2.37. The number of ether oxygens (including phenoxy) is 1. The number of nitrogens with one attached hydrogen (secondary N) is 1. The zero-order valence-corrected chi connectivity index (χ0v) is 14.4. The molecule has 4 nitrogen and oxygen atoms in total. The molecule has 0 saturated carbocycles. The number of nitrogens with zero attached hydrogens (tertiary/aromatic N) is 1. The molecule has 0 radical (unpaired) electrons. The van der Waals surface area contributed by atoms with Gasteiger partial charge in [-0.05, 0) is 45.7 Å². The number of halogens is 1. The minimum Gasteiger partial charge on any atom is -0.444 e. The van der Waals surface area contributed by atoms with Gasteiger partial charge < -0.3 is 10.1 Å². The summed E-state index contributed by atoms with van der Waals surface area (Å²) in [6, 6.07) is 4.24. The molecule has 1 N–H and O–H groups in total. The van der Waals surface area contributed by atoms with E-state index in [0.717, 1.165) is 36.8 Å². The van der Waals surface area contributed by atoms with Crippen LogP contribution in [0.25, 0.3) is 0 Å². The molecule has 2 heterocycles. The van der Waals surface area contributed by atoms with E-state index < -0.39 is 5.60 Å². The molecular formula is C15H23ClN2O2S. The second-order valence-electron chi connectivity index (χ2n) is 6.40. The number of carbonyl (C=O) groups is 1. The third kappa shape index (κ3) is 5.85. The van der Waals surface area contributed by atoms with Gasteiger partial charge in [-0.25, -0.2) is 4.79 Å². The Hall–Kier alpha value is -0.780. The molecule has 0 aromatic carbocycles.